The van der Waals surface area contributed by atoms with E-state index in [-0.39, 0.29) is 11.7 Å². The van der Waals surface area contributed by atoms with Gasteiger partial charge in [0.15, 0.2) is 11.5 Å². The molecule has 0 amide bonds. The van der Waals surface area contributed by atoms with Gasteiger partial charge < -0.3 is 13.8 Å². The van der Waals surface area contributed by atoms with E-state index in [9.17, 15) is 4.79 Å². The number of halogens is 2. The quantitative estimate of drug-likeness (QED) is 0.112. The first-order valence-corrected chi connectivity index (χ1v) is 15.6. The first-order valence-electron chi connectivity index (χ1n) is 10.4. The van der Waals surface area contributed by atoms with Gasteiger partial charge in [-0.05, 0) is 25.8 Å². The zero-order chi connectivity index (χ0) is 22.3. The maximum absolute atomic E-state index is 12.6. The standard InChI is InChI=1S/C21H26BrClN4O3Si/c1-12(28)15-18(26-30-19(15)13-5-6-13)16-14(9-22)27(11-29-7-8-31(2,3)4)21-17(16)20(23)24-10-25-21/h10,13H,5-9,11H2,1-4H3. The normalized spacial score (nSPS) is 14.5. The van der Waals surface area contributed by atoms with Crippen LogP contribution in [0.4, 0.5) is 0 Å². The second kappa shape index (κ2) is 8.76. The summed E-state index contributed by atoms with van der Waals surface area (Å²) in [6, 6.07) is 1.07. The van der Waals surface area contributed by atoms with Crippen LogP contribution in [0, 0.1) is 0 Å². The number of carbonyl (C=O) groups excluding carboxylic acids is 1. The molecule has 31 heavy (non-hydrogen) atoms. The van der Waals surface area contributed by atoms with Crippen LogP contribution in [-0.4, -0.2) is 40.2 Å². The van der Waals surface area contributed by atoms with Crippen LogP contribution in [0.3, 0.4) is 0 Å². The number of carbonyl (C=O) groups is 1. The van der Waals surface area contributed by atoms with E-state index in [0.717, 1.165) is 30.1 Å². The van der Waals surface area contributed by atoms with Gasteiger partial charge in [-0.25, -0.2) is 9.97 Å². The first kappa shape index (κ1) is 22.6. The molecule has 166 valence electrons. The Labute approximate surface area is 195 Å². The van der Waals surface area contributed by atoms with E-state index in [4.69, 9.17) is 20.9 Å². The second-order valence-electron chi connectivity index (χ2n) is 9.20. The summed E-state index contributed by atoms with van der Waals surface area (Å²) in [6.07, 6.45) is 3.46. The van der Waals surface area contributed by atoms with E-state index in [1.54, 1.807) is 6.92 Å². The summed E-state index contributed by atoms with van der Waals surface area (Å²) in [4.78, 5) is 21.3. The largest absolute Gasteiger partial charge is 0.361 e. The van der Waals surface area contributed by atoms with E-state index < -0.39 is 8.07 Å². The van der Waals surface area contributed by atoms with Gasteiger partial charge in [-0.2, -0.15) is 0 Å². The molecule has 3 heterocycles. The molecule has 0 radical (unpaired) electrons. The molecule has 3 aromatic rings. The molecule has 0 spiro atoms. The van der Waals surface area contributed by atoms with Crippen molar-refractivity contribution in [3.8, 4) is 11.3 Å². The molecular weight excluding hydrogens is 500 g/mol. The average Bonchev–Trinajstić information content (AvgIpc) is 3.36. The van der Waals surface area contributed by atoms with Gasteiger partial charge in [-0.15, -0.1) is 0 Å². The summed E-state index contributed by atoms with van der Waals surface area (Å²) >= 11 is 10.1. The number of ether oxygens (including phenoxy) is 1. The number of fused-ring (bicyclic) bond motifs is 1. The number of Topliss-reactive ketones (excluding diaryl/α,β-unsaturated/α-hetero) is 1. The Morgan fingerprint density at radius 2 is 2.10 bits per heavy atom. The van der Waals surface area contributed by atoms with Crippen molar-refractivity contribution >= 4 is 52.4 Å². The Morgan fingerprint density at radius 3 is 2.71 bits per heavy atom. The van der Waals surface area contributed by atoms with Crippen molar-refractivity contribution in [1.29, 1.82) is 0 Å². The summed E-state index contributed by atoms with van der Waals surface area (Å²) in [7, 11) is -1.20. The third kappa shape index (κ3) is 4.51. The maximum atomic E-state index is 12.6. The Bertz CT molecular complexity index is 1130. The molecule has 3 aromatic heterocycles. The summed E-state index contributed by atoms with van der Waals surface area (Å²) in [5, 5.41) is 5.81. The van der Waals surface area contributed by atoms with Crippen molar-refractivity contribution in [2.45, 2.75) is 63.4 Å². The molecule has 1 aliphatic carbocycles. The predicted molar refractivity (Wildman–Crippen MR) is 127 cm³/mol. The number of aromatic nitrogens is 4. The number of hydrogen-bond acceptors (Lipinski definition) is 6. The fourth-order valence-electron chi connectivity index (χ4n) is 3.69. The van der Waals surface area contributed by atoms with Gasteiger partial charge in [0.25, 0.3) is 0 Å². The molecule has 1 saturated carbocycles. The van der Waals surface area contributed by atoms with Gasteiger partial charge in [-0.1, -0.05) is 52.3 Å². The maximum Gasteiger partial charge on any atom is 0.165 e. The molecule has 10 heteroatoms. The fourth-order valence-corrected chi connectivity index (χ4v) is 5.25. The highest BCUT2D eigenvalue weighted by molar-refractivity contribution is 9.08. The molecule has 0 aromatic carbocycles. The molecule has 0 N–H and O–H groups in total. The van der Waals surface area contributed by atoms with Crippen LogP contribution in [0.1, 0.15) is 47.5 Å². The minimum atomic E-state index is -1.20. The highest BCUT2D eigenvalue weighted by Crippen LogP contribution is 2.46. The third-order valence-electron chi connectivity index (χ3n) is 5.50. The summed E-state index contributed by atoms with van der Waals surface area (Å²) in [6.45, 7) is 9.52. The lowest BCUT2D eigenvalue weighted by Crippen LogP contribution is -2.22. The molecule has 7 nitrogen and oxygen atoms in total. The van der Waals surface area contributed by atoms with Crippen molar-refractivity contribution in [2.75, 3.05) is 6.61 Å². The SMILES string of the molecule is CC(=O)c1c(-c2c(CBr)n(COCC[Si](C)(C)C)c3ncnc(Cl)c23)noc1C1CC1. The van der Waals surface area contributed by atoms with Gasteiger partial charge in [0, 0.05) is 37.2 Å². The van der Waals surface area contributed by atoms with Crippen LogP contribution in [0.2, 0.25) is 30.8 Å². The zero-order valence-electron chi connectivity index (χ0n) is 18.2. The minimum Gasteiger partial charge on any atom is -0.361 e. The van der Waals surface area contributed by atoms with Crippen LogP contribution < -0.4 is 0 Å². The van der Waals surface area contributed by atoms with Crippen LogP contribution >= 0.6 is 27.5 Å². The summed E-state index contributed by atoms with van der Waals surface area (Å²) in [5.41, 5.74) is 3.30. The van der Waals surface area contributed by atoms with E-state index >= 15 is 0 Å². The van der Waals surface area contributed by atoms with Crippen LogP contribution in [0.15, 0.2) is 10.9 Å². The Kier molecular flexibility index (Phi) is 6.40. The number of hydrogen-bond donors (Lipinski definition) is 0. The average molecular weight is 526 g/mol. The lowest BCUT2D eigenvalue weighted by Gasteiger charge is -2.16. The van der Waals surface area contributed by atoms with E-state index in [1.165, 1.54) is 6.33 Å². The van der Waals surface area contributed by atoms with Gasteiger partial charge in [0.2, 0.25) is 0 Å². The minimum absolute atomic E-state index is 0.0704. The van der Waals surface area contributed by atoms with E-state index in [2.05, 4.69) is 50.7 Å². The van der Waals surface area contributed by atoms with Crippen LogP contribution in [0.5, 0.6) is 0 Å². The molecular formula is C21H26BrClN4O3Si. The molecule has 1 aliphatic rings. The van der Waals surface area contributed by atoms with Crippen molar-refractivity contribution in [3.05, 3.63) is 28.5 Å². The van der Waals surface area contributed by atoms with Gasteiger partial charge in [0.1, 0.15) is 29.6 Å². The fraction of sp³-hybridized carbons (Fsp3) is 0.524. The van der Waals surface area contributed by atoms with Crippen LogP contribution in [-0.2, 0) is 16.8 Å². The molecule has 0 unspecified atom stereocenters. The Balaban J connectivity index is 1.84. The van der Waals surface area contributed by atoms with Crippen molar-refractivity contribution in [3.63, 3.8) is 0 Å². The summed E-state index contributed by atoms with van der Waals surface area (Å²) in [5.74, 6) is 0.861. The molecule has 0 atom stereocenters. The molecule has 1 fully saturated rings. The first-order chi connectivity index (χ1) is 14.7. The van der Waals surface area contributed by atoms with Crippen molar-refractivity contribution in [2.24, 2.45) is 0 Å². The van der Waals surface area contributed by atoms with Gasteiger partial charge >= 0.3 is 0 Å². The Morgan fingerprint density at radius 1 is 1.35 bits per heavy atom. The zero-order valence-corrected chi connectivity index (χ0v) is 21.5. The molecule has 0 aliphatic heterocycles. The number of alkyl halides is 1. The number of rotatable bonds is 9. The lowest BCUT2D eigenvalue weighted by atomic mass is 10.0. The number of nitrogens with zero attached hydrogens (tertiary/aromatic N) is 4. The van der Waals surface area contributed by atoms with Gasteiger partial charge in [-0.3, -0.25) is 4.79 Å². The number of ketones is 1. The highest BCUT2D eigenvalue weighted by Gasteiger charge is 2.36. The monoisotopic (exact) mass is 524 g/mol. The van der Waals surface area contributed by atoms with Crippen molar-refractivity contribution in [1.82, 2.24) is 19.7 Å². The van der Waals surface area contributed by atoms with Gasteiger partial charge in [0.05, 0.1) is 10.9 Å². The molecule has 0 bridgehead atoms. The lowest BCUT2D eigenvalue weighted by molar-refractivity contribution is 0.0886. The smallest absolute Gasteiger partial charge is 0.165 e. The molecule has 4 rings (SSSR count). The summed E-state index contributed by atoms with van der Waals surface area (Å²) < 4.78 is 13.7. The second-order valence-corrected chi connectivity index (χ2v) is 15.7. The van der Waals surface area contributed by atoms with Crippen molar-refractivity contribution < 1.29 is 14.1 Å². The third-order valence-corrected chi connectivity index (χ3v) is 8.02. The van der Waals surface area contributed by atoms with Crippen LogP contribution in [0.25, 0.3) is 22.3 Å². The predicted octanol–water partition coefficient (Wildman–Crippen LogP) is 6.03. The molecule has 0 saturated heterocycles. The van der Waals surface area contributed by atoms with E-state index in [1.807, 2.05) is 4.57 Å². The van der Waals surface area contributed by atoms with E-state index in [0.29, 0.717) is 51.9 Å². The highest BCUT2D eigenvalue weighted by atomic mass is 79.9. The Hall–Kier alpha value is -1.55. The topological polar surface area (TPSA) is 83.0 Å².